The lowest BCUT2D eigenvalue weighted by atomic mass is 9.98. The average molecular weight is 196 g/mol. The number of hydrogen-bond acceptors (Lipinski definition) is 3. The zero-order valence-corrected chi connectivity index (χ0v) is 9.04. The fraction of sp³-hybridized carbons (Fsp3) is 0.909. The van der Waals surface area contributed by atoms with Gasteiger partial charge in [0.25, 0.3) is 0 Å². The third kappa shape index (κ3) is 4.08. The van der Waals surface area contributed by atoms with E-state index in [1.165, 1.54) is 13.0 Å². The van der Waals surface area contributed by atoms with Crippen LogP contribution in [0.15, 0.2) is 0 Å². The van der Waals surface area contributed by atoms with Gasteiger partial charge in [-0.25, -0.2) is 0 Å². The van der Waals surface area contributed by atoms with Crippen molar-refractivity contribution in [3.63, 3.8) is 0 Å². The van der Waals surface area contributed by atoms with E-state index in [1.54, 1.807) is 7.11 Å². The number of rotatable bonds is 5. The zero-order valence-electron chi connectivity index (χ0n) is 9.04. The summed E-state index contributed by atoms with van der Waals surface area (Å²) in [6, 6.07) is 2.35. The van der Waals surface area contributed by atoms with Crippen LogP contribution in [-0.4, -0.2) is 38.3 Å². The lowest BCUT2D eigenvalue weighted by Gasteiger charge is -2.28. The summed E-state index contributed by atoms with van der Waals surface area (Å²) in [5.41, 5.74) is 0. The lowest BCUT2D eigenvalue weighted by molar-refractivity contribution is 0.171. The molecule has 0 aliphatic carbocycles. The van der Waals surface area contributed by atoms with E-state index >= 15 is 0 Å². The Balaban J connectivity index is 2.02. The first-order valence-electron chi connectivity index (χ1n) is 5.47. The van der Waals surface area contributed by atoms with Crippen LogP contribution < -0.4 is 0 Å². The van der Waals surface area contributed by atoms with Crippen molar-refractivity contribution in [1.29, 1.82) is 5.26 Å². The van der Waals surface area contributed by atoms with Crippen LogP contribution >= 0.6 is 0 Å². The fourth-order valence-electron chi connectivity index (χ4n) is 1.87. The summed E-state index contributed by atoms with van der Waals surface area (Å²) < 4.78 is 5.00. The van der Waals surface area contributed by atoms with Crippen molar-refractivity contribution in [2.24, 2.45) is 5.92 Å². The van der Waals surface area contributed by atoms with Crippen LogP contribution in [0.5, 0.6) is 0 Å². The molecule has 3 nitrogen and oxygen atoms in total. The Hall–Kier alpha value is -0.590. The first-order chi connectivity index (χ1) is 6.86. The Morgan fingerprint density at radius 2 is 2.07 bits per heavy atom. The second kappa shape index (κ2) is 6.80. The SMILES string of the molecule is COCCCCN1CCC(C#N)CC1. The summed E-state index contributed by atoms with van der Waals surface area (Å²) in [7, 11) is 1.75. The molecule has 0 atom stereocenters. The van der Waals surface area contributed by atoms with Crippen LogP contribution in [0.3, 0.4) is 0 Å². The van der Waals surface area contributed by atoms with Crippen molar-refractivity contribution in [1.82, 2.24) is 4.90 Å². The quantitative estimate of drug-likeness (QED) is 0.627. The summed E-state index contributed by atoms with van der Waals surface area (Å²) in [5.74, 6) is 0.310. The minimum atomic E-state index is 0.310. The van der Waals surface area contributed by atoms with Crippen molar-refractivity contribution < 1.29 is 4.74 Å². The minimum Gasteiger partial charge on any atom is -0.385 e. The molecule has 0 N–H and O–H groups in total. The van der Waals surface area contributed by atoms with Crippen molar-refractivity contribution in [2.75, 3.05) is 33.4 Å². The number of likely N-dealkylation sites (tertiary alicyclic amines) is 1. The molecular weight excluding hydrogens is 176 g/mol. The van der Waals surface area contributed by atoms with E-state index in [0.717, 1.165) is 39.0 Å². The molecule has 0 bridgehead atoms. The molecule has 1 saturated heterocycles. The van der Waals surface area contributed by atoms with Crippen molar-refractivity contribution in [3.05, 3.63) is 0 Å². The highest BCUT2D eigenvalue weighted by molar-refractivity contribution is 4.87. The molecular formula is C11H20N2O. The molecule has 0 aromatic carbocycles. The van der Waals surface area contributed by atoms with Crippen LogP contribution in [0.25, 0.3) is 0 Å². The van der Waals surface area contributed by atoms with E-state index in [1.807, 2.05) is 0 Å². The molecule has 3 heteroatoms. The first-order valence-corrected chi connectivity index (χ1v) is 5.47. The molecule has 0 aromatic heterocycles. The molecule has 0 aromatic rings. The summed E-state index contributed by atoms with van der Waals surface area (Å²) in [6.45, 7) is 4.24. The van der Waals surface area contributed by atoms with Gasteiger partial charge < -0.3 is 9.64 Å². The van der Waals surface area contributed by atoms with Crippen LogP contribution in [-0.2, 0) is 4.74 Å². The maximum atomic E-state index is 8.74. The number of piperidine rings is 1. The van der Waals surface area contributed by atoms with E-state index in [4.69, 9.17) is 10.00 Å². The Bertz CT molecular complexity index is 180. The third-order valence-corrected chi connectivity index (χ3v) is 2.84. The van der Waals surface area contributed by atoms with Gasteiger partial charge in [0.2, 0.25) is 0 Å². The number of hydrogen-bond donors (Lipinski definition) is 0. The highest BCUT2D eigenvalue weighted by Crippen LogP contribution is 2.16. The fourth-order valence-corrected chi connectivity index (χ4v) is 1.87. The molecule has 1 fully saturated rings. The monoisotopic (exact) mass is 196 g/mol. The van der Waals surface area contributed by atoms with Gasteiger partial charge in [-0.2, -0.15) is 5.26 Å². The van der Waals surface area contributed by atoms with E-state index < -0.39 is 0 Å². The predicted octanol–water partition coefficient (Wildman–Crippen LogP) is 1.65. The molecule has 1 rings (SSSR count). The molecule has 1 aliphatic rings. The molecule has 0 unspecified atom stereocenters. The minimum absolute atomic E-state index is 0.310. The van der Waals surface area contributed by atoms with Crippen LogP contribution in [0.1, 0.15) is 25.7 Å². The maximum Gasteiger partial charge on any atom is 0.0656 e. The first kappa shape index (κ1) is 11.5. The maximum absolute atomic E-state index is 8.74. The van der Waals surface area contributed by atoms with Gasteiger partial charge in [-0.15, -0.1) is 0 Å². The van der Waals surface area contributed by atoms with Gasteiger partial charge in [0.15, 0.2) is 0 Å². The smallest absolute Gasteiger partial charge is 0.0656 e. The van der Waals surface area contributed by atoms with Gasteiger partial charge >= 0.3 is 0 Å². The van der Waals surface area contributed by atoms with Crippen LogP contribution in [0.2, 0.25) is 0 Å². The van der Waals surface area contributed by atoms with Gasteiger partial charge in [0, 0.05) is 19.6 Å². The Kier molecular flexibility index (Phi) is 5.58. The topological polar surface area (TPSA) is 36.3 Å². The van der Waals surface area contributed by atoms with E-state index in [2.05, 4.69) is 11.0 Å². The molecule has 0 radical (unpaired) electrons. The Morgan fingerprint density at radius 3 is 2.64 bits per heavy atom. The number of nitriles is 1. The summed E-state index contributed by atoms with van der Waals surface area (Å²) >= 11 is 0. The second-order valence-electron chi connectivity index (χ2n) is 3.94. The highest BCUT2D eigenvalue weighted by Gasteiger charge is 2.17. The number of nitrogens with zero attached hydrogens (tertiary/aromatic N) is 2. The summed E-state index contributed by atoms with van der Waals surface area (Å²) in [4.78, 5) is 2.46. The van der Waals surface area contributed by atoms with E-state index in [-0.39, 0.29) is 0 Å². The molecule has 0 saturated carbocycles. The van der Waals surface area contributed by atoms with Gasteiger partial charge in [-0.1, -0.05) is 0 Å². The number of methoxy groups -OCH3 is 1. The van der Waals surface area contributed by atoms with Gasteiger partial charge in [0.05, 0.1) is 6.07 Å². The second-order valence-corrected chi connectivity index (χ2v) is 3.94. The normalized spacial score (nSPS) is 19.4. The van der Waals surface area contributed by atoms with E-state index in [0.29, 0.717) is 5.92 Å². The highest BCUT2D eigenvalue weighted by atomic mass is 16.5. The summed E-state index contributed by atoms with van der Waals surface area (Å²) in [6.07, 6.45) is 4.47. The standard InChI is InChI=1S/C11H20N2O/c1-14-9-3-2-6-13-7-4-11(10-12)5-8-13/h11H,2-9H2,1H3. The molecule has 1 heterocycles. The molecule has 0 amide bonds. The van der Waals surface area contributed by atoms with Gasteiger partial charge in [-0.05, 0) is 45.3 Å². The molecule has 1 aliphatic heterocycles. The third-order valence-electron chi connectivity index (χ3n) is 2.84. The largest absolute Gasteiger partial charge is 0.385 e. The van der Waals surface area contributed by atoms with Crippen molar-refractivity contribution in [3.8, 4) is 6.07 Å². The molecule has 80 valence electrons. The van der Waals surface area contributed by atoms with Gasteiger partial charge in [-0.3, -0.25) is 0 Å². The van der Waals surface area contributed by atoms with E-state index in [9.17, 15) is 0 Å². The lowest BCUT2D eigenvalue weighted by Crippen LogP contribution is -2.34. The predicted molar refractivity (Wildman–Crippen MR) is 55.9 cm³/mol. The van der Waals surface area contributed by atoms with Crippen molar-refractivity contribution in [2.45, 2.75) is 25.7 Å². The van der Waals surface area contributed by atoms with Crippen LogP contribution in [0.4, 0.5) is 0 Å². The summed E-state index contributed by atoms with van der Waals surface area (Å²) in [5, 5.41) is 8.74. The Labute approximate surface area is 86.6 Å². The Morgan fingerprint density at radius 1 is 1.36 bits per heavy atom. The molecule has 0 spiro atoms. The zero-order chi connectivity index (χ0) is 10.2. The number of ether oxygens (including phenoxy) is 1. The molecule has 14 heavy (non-hydrogen) atoms. The average Bonchev–Trinajstić information content (AvgIpc) is 2.25. The number of unbranched alkanes of at least 4 members (excludes halogenated alkanes) is 1. The van der Waals surface area contributed by atoms with Crippen molar-refractivity contribution >= 4 is 0 Å². The van der Waals surface area contributed by atoms with Crippen LogP contribution in [0, 0.1) is 17.2 Å². The van der Waals surface area contributed by atoms with Gasteiger partial charge in [0.1, 0.15) is 0 Å².